The molecule has 1 fully saturated rings. The van der Waals surface area contributed by atoms with Crippen molar-refractivity contribution in [2.24, 2.45) is 0 Å². The summed E-state index contributed by atoms with van der Waals surface area (Å²) in [7, 11) is 0. The Labute approximate surface area is 170 Å². The summed E-state index contributed by atoms with van der Waals surface area (Å²) in [4.78, 5) is 19.7. The van der Waals surface area contributed by atoms with Crippen molar-refractivity contribution in [1.82, 2.24) is 9.88 Å². The van der Waals surface area contributed by atoms with Crippen LogP contribution in [0.5, 0.6) is 0 Å². The molecule has 2 aromatic rings. The molecule has 0 atom stereocenters. The Morgan fingerprint density at radius 3 is 2.48 bits per heavy atom. The summed E-state index contributed by atoms with van der Waals surface area (Å²) in [6.07, 6.45) is -3.73. The van der Waals surface area contributed by atoms with E-state index in [9.17, 15) is 22.4 Å². The number of amides is 1. The van der Waals surface area contributed by atoms with E-state index in [0.29, 0.717) is 43.2 Å². The van der Waals surface area contributed by atoms with E-state index < -0.39 is 17.6 Å². The fourth-order valence-corrected chi connectivity index (χ4v) is 3.30. The zero-order valence-corrected chi connectivity index (χ0v) is 16.3. The van der Waals surface area contributed by atoms with Crippen LogP contribution in [0.15, 0.2) is 30.5 Å². The van der Waals surface area contributed by atoms with Crippen LogP contribution < -0.4 is 10.2 Å². The summed E-state index contributed by atoms with van der Waals surface area (Å²) in [5.41, 5.74) is -0.0128. The first-order chi connectivity index (χ1) is 13.6. The molecule has 5 nitrogen and oxygen atoms in total. The summed E-state index contributed by atoms with van der Waals surface area (Å²) in [5.74, 6) is -0.372. The van der Waals surface area contributed by atoms with Gasteiger partial charge >= 0.3 is 6.18 Å². The van der Waals surface area contributed by atoms with Crippen LogP contribution in [0, 0.1) is 12.7 Å². The predicted octanol–water partition coefficient (Wildman–Crippen LogP) is 3.96. The highest BCUT2D eigenvalue weighted by Crippen LogP contribution is 2.33. The average molecular weight is 431 g/mol. The molecule has 1 aromatic heterocycles. The first-order valence-electron chi connectivity index (χ1n) is 8.89. The number of nitrogens with zero attached hydrogens (tertiary/aromatic N) is 3. The molecule has 0 bridgehead atoms. The van der Waals surface area contributed by atoms with E-state index >= 15 is 0 Å². The maximum absolute atomic E-state index is 13.6. The molecule has 0 unspecified atom stereocenters. The molecule has 29 heavy (non-hydrogen) atoms. The Morgan fingerprint density at radius 2 is 1.90 bits per heavy atom. The van der Waals surface area contributed by atoms with Gasteiger partial charge in [-0.15, -0.1) is 0 Å². The lowest BCUT2D eigenvalue weighted by Gasteiger charge is -2.35. The lowest BCUT2D eigenvalue weighted by Crippen LogP contribution is -2.49. The van der Waals surface area contributed by atoms with Gasteiger partial charge in [0.25, 0.3) is 0 Å². The Balaban J connectivity index is 1.54. The van der Waals surface area contributed by atoms with Gasteiger partial charge in [0.1, 0.15) is 11.6 Å². The maximum atomic E-state index is 13.6. The number of halogens is 5. The minimum atomic E-state index is -4.50. The molecular formula is C19H19ClF4N4O. The molecule has 1 amide bonds. The second-order valence-corrected chi connectivity index (χ2v) is 7.21. The predicted molar refractivity (Wildman–Crippen MR) is 103 cm³/mol. The highest BCUT2D eigenvalue weighted by atomic mass is 35.5. The van der Waals surface area contributed by atoms with E-state index in [-0.39, 0.29) is 17.5 Å². The summed E-state index contributed by atoms with van der Waals surface area (Å²) < 4.78 is 51.8. The van der Waals surface area contributed by atoms with Gasteiger partial charge in [-0.3, -0.25) is 9.69 Å². The number of alkyl halides is 3. The zero-order chi connectivity index (χ0) is 21.2. The number of carbonyl (C=O) groups excluding carboxylic acids is 1. The number of aromatic nitrogens is 1. The smallest absolute Gasteiger partial charge is 0.353 e. The lowest BCUT2D eigenvalue weighted by molar-refractivity contribution is -0.137. The van der Waals surface area contributed by atoms with Crippen LogP contribution in [0.2, 0.25) is 5.02 Å². The monoisotopic (exact) mass is 430 g/mol. The molecule has 0 radical (unpaired) electrons. The third kappa shape index (κ3) is 5.36. The summed E-state index contributed by atoms with van der Waals surface area (Å²) in [5, 5.41) is 2.59. The van der Waals surface area contributed by atoms with Crippen molar-refractivity contribution in [3.63, 3.8) is 0 Å². The largest absolute Gasteiger partial charge is 0.417 e. The van der Waals surface area contributed by atoms with Crippen LogP contribution in [0.1, 0.15) is 11.1 Å². The number of aryl methyl sites for hydroxylation is 1. The van der Waals surface area contributed by atoms with Gasteiger partial charge in [0.2, 0.25) is 5.91 Å². The Morgan fingerprint density at radius 1 is 1.21 bits per heavy atom. The van der Waals surface area contributed by atoms with Crippen molar-refractivity contribution in [1.29, 1.82) is 0 Å². The van der Waals surface area contributed by atoms with Gasteiger partial charge in [0.05, 0.1) is 17.1 Å². The Bertz CT molecular complexity index is 898. The van der Waals surface area contributed by atoms with Crippen molar-refractivity contribution in [3.8, 4) is 0 Å². The van der Waals surface area contributed by atoms with Gasteiger partial charge in [-0.2, -0.15) is 13.2 Å². The number of hydrogen-bond donors (Lipinski definition) is 1. The average Bonchev–Trinajstić information content (AvgIpc) is 2.65. The third-order valence-electron chi connectivity index (χ3n) is 4.64. The minimum Gasteiger partial charge on any atom is -0.353 e. The van der Waals surface area contributed by atoms with Gasteiger partial charge in [0, 0.05) is 38.1 Å². The highest BCUT2D eigenvalue weighted by molar-refractivity contribution is 6.33. The summed E-state index contributed by atoms with van der Waals surface area (Å²) in [6, 6.07) is 5.35. The molecule has 1 aliphatic heterocycles. The van der Waals surface area contributed by atoms with Crippen molar-refractivity contribution in [2.75, 3.05) is 42.9 Å². The van der Waals surface area contributed by atoms with Crippen LogP contribution >= 0.6 is 11.6 Å². The quantitative estimate of drug-likeness (QED) is 0.746. The van der Waals surface area contributed by atoms with E-state index in [2.05, 4.69) is 10.3 Å². The number of carbonyl (C=O) groups is 1. The van der Waals surface area contributed by atoms with Gasteiger partial charge < -0.3 is 10.2 Å². The third-order valence-corrected chi connectivity index (χ3v) is 4.92. The first kappa shape index (κ1) is 21.3. The van der Waals surface area contributed by atoms with Gasteiger partial charge in [-0.1, -0.05) is 17.7 Å². The van der Waals surface area contributed by atoms with Crippen molar-refractivity contribution < 1.29 is 22.4 Å². The molecule has 1 saturated heterocycles. The topological polar surface area (TPSA) is 48.5 Å². The molecule has 156 valence electrons. The van der Waals surface area contributed by atoms with Crippen molar-refractivity contribution in [2.45, 2.75) is 13.1 Å². The minimum absolute atomic E-state index is 0.0626. The molecule has 1 N–H and O–H groups in total. The second kappa shape index (κ2) is 8.54. The molecule has 0 spiro atoms. The number of pyridine rings is 1. The fourth-order valence-electron chi connectivity index (χ4n) is 3.01. The molecule has 1 aliphatic rings. The Kier molecular flexibility index (Phi) is 6.28. The molecule has 3 rings (SSSR count). The van der Waals surface area contributed by atoms with Crippen LogP contribution in [-0.4, -0.2) is 48.5 Å². The molecular weight excluding hydrogens is 412 g/mol. The van der Waals surface area contributed by atoms with E-state index in [1.165, 1.54) is 6.07 Å². The second-order valence-electron chi connectivity index (χ2n) is 6.80. The number of piperazine rings is 1. The number of anilines is 2. The first-order valence-corrected chi connectivity index (χ1v) is 9.27. The van der Waals surface area contributed by atoms with Crippen LogP contribution in [0.25, 0.3) is 0 Å². The van der Waals surface area contributed by atoms with E-state index in [4.69, 9.17) is 11.6 Å². The lowest BCUT2D eigenvalue weighted by atomic mass is 10.2. The van der Waals surface area contributed by atoms with Crippen molar-refractivity contribution >= 4 is 29.0 Å². The van der Waals surface area contributed by atoms with E-state index in [1.54, 1.807) is 24.0 Å². The van der Waals surface area contributed by atoms with E-state index in [1.807, 2.05) is 4.90 Å². The number of benzene rings is 1. The standard InChI is InChI=1S/C19H19ClF4N4O/c1-12-2-3-14(9-16(12)21)26-17(29)11-27-4-6-28(7-5-27)18-15(20)8-13(10-25-18)19(22,23)24/h2-3,8-10H,4-7,11H2,1H3,(H,26,29). The zero-order valence-electron chi connectivity index (χ0n) is 15.6. The van der Waals surface area contributed by atoms with Crippen LogP contribution in [-0.2, 0) is 11.0 Å². The van der Waals surface area contributed by atoms with Gasteiger partial charge in [-0.05, 0) is 30.7 Å². The molecule has 10 heteroatoms. The molecule has 0 aliphatic carbocycles. The maximum Gasteiger partial charge on any atom is 0.417 e. The van der Waals surface area contributed by atoms with Gasteiger partial charge in [0.15, 0.2) is 0 Å². The number of nitrogens with one attached hydrogen (secondary N) is 1. The Hall–Kier alpha value is -2.39. The van der Waals surface area contributed by atoms with Crippen LogP contribution in [0.4, 0.5) is 29.1 Å². The normalized spacial score (nSPS) is 15.4. The highest BCUT2D eigenvalue weighted by Gasteiger charge is 2.32. The van der Waals surface area contributed by atoms with Crippen molar-refractivity contribution in [3.05, 3.63) is 52.4 Å². The number of hydrogen-bond acceptors (Lipinski definition) is 4. The van der Waals surface area contributed by atoms with E-state index in [0.717, 1.165) is 12.3 Å². The number of rotatable bonds is 4. The fraction of sp³-hybridized carbons (Fsp3) is 0.368. The van der Waals surface area contributed by atoms with Crippen LogP contribution in [0.3, 0.4) is 0 Å². The molecule has 1 aromatic carbocycles. The summed E-state index contributed by atoms with van der Waals surface area (Å²) in [6.45, 7) is 3.70. The molecule has 2 heterocycles. The van der Waals surface area contributed by atoms with Gasteiger partial charge in [-0.25, -0.2) is 9.37 Å². The molecule has 0 saturated carbocycles. The summed E-state index contributed by atoms with van der Waals surface area (Å²) >= 11 is 5.99. The SMILES string of the molecule is Cc1ccc(NC(=O)CN2CCN(c3ncc(C(F)(F)F)cc3Cl)CC2)cc1F.